The van der Waals surface area contributed by atoms with Crippen molar-refractivity contribution in [2.75, 3.05) is 0 Å². The summed E-state index contributed by atoms with van der Waals surface area (Å²) in [5.74, 6) is -2.63. The molecular weight excluding hydrogens is 976 g/mol. The minimum absolute atomic E-state index is 0.361. The van der Waals surface area contributed by atoms with Crippen LogP contribution in [0.1, 0.15) is 172 Å². The van der Waals surface area contributed by atoms with Crippen molar-refractivity contribution in [1.82, 2.24) is 0 Å². The molecule has 10 rings (SSSR count). The summed E-state index contributed by atoms with van der Waals surface area (Å²) in [7, 11) is 0. The first-order valence-corrected chi connectivity index (χ1v) is 29.1. The second-order valence-electron chi connectivity index (χ2n) is 24.6. The summed E-state index contributed by atoms with van der Waals surface area (Å²) in [4.78, 5) is 0. The first-order valence-electron chi connectivity index (χ1n) is 29.1. The lowest BCUT2D eigenvalue weighted by molar-refractivity contribution is 0.150. The SMILES string of the molecule is CC1CCC(C2CCC(Cc3ccc(-c4cc(F)c(F)c(F)c4)cc3)CC2)CC1.CC1CCC(CC2CCC(Cc3cc(F)c(F)c(F)c3)CC2)CC1.CC1CCC(Cc2ccc(-c3cc(F)c(F)c(F)c3)cc2)CC1. The van der Waals surface area contributed by atoms with Crippen LogP contribution in [0.2, 0.25) is 0 Å². The van der Waals surface area contributed by atoms with Crippen LogP contribution in [-0.4, -0.2) is 0 Å². The van der Waals surface area contributed by atoms with Crippen molar-refractivity contribution in [2.24, 2.45) is 59.2 Å². The molecule has 5 aliphatic carbocycles. The molecule has 0 atom stereocenters. The Balaban J connectivity index is 0.000000152. The molecule has 0 heterocycles. The van der Waals surface area contributed by atoms with E-state index >= 15 is 0 Å². The van der Waals surface area contributed by atoms with Gasteiger partial charge in [-0.3, -0.25) is 0 Å². The van der Waals surface area contributed by atoms with Crippen molar-refractivity contribution in [2.45, 2.75) is 175 Å². The quantitative estimate of drug-likeness (QED) is 0.0913. The average Bonchev–Trinajstić information content (AvgIpc) is 3.42. The largest absolute Gasteiger partial charge is 0.204 e. The van der Waals surface area contributed by atoms with Gasteiger partial charge in [0, 0.05) is 0 Å². The van der Waals surface area contributed by atoms with Gasteiger partial charge in [-0.15, -0.1) is 0 Å². The molecule has 5 saturated carbocycles. The van der Waals surface area contributed by atoms with E-state index in [0.29, 0.717) is 40.2 Å². The lowest BCUT2D eigenvalue weighted by Crippen LogP contribution is -2.25. The fourth-order valence-corrected chi connectivity index (χ4v) is 13.7. The van der Waals surface area contributed by atoms with Crippen LogP contribution in [0.5, 0.6) is 0 Å². The first-order chi connectivity index (χ1) is 36.5. The Morgan fingerprint density at radius 2 is 0.526 bits per heavy atom. The molecule has 0 aromatic heterocycles. The average molecular weight is 1060 g/mol. The second-order valence-corrected chi connectivity index (χ2v) is 24.6. The van der Waals surface area contributed by atoms with E-state index in [1.807, 2.05) is 48.5 Å². The van der Waals surface area contributed by atoms with Crippen LogP contribution in [0.4, 0.5) is 39.5 Å². The summed E-state index contributed by atoms with van der Waals surface area (Å²) in [6, 6.07) is 22.1. The molecule has 0 N–H and O–H groups in total. The van der Waals surface area contributed by atoms with Gasteiger partial charge in [0.2, 0.25) is 0 Å². The van der Waals surface area contributed by atoms with E-state index in [1.165, 1.54) is 133 Å². The summed E-state index contributed by atoms with van der Waals surface area (Å²) >= 11 is 0. The van der Waals surface area contributed by atoms with Gasteiger partial charge in [-0.2, -0.15) is 0 Å². The van der Waals surface area contributed by atoms with E-state index < -0.39 is 52.4 Å². The molecule has 0 aliphatic heterocycles. The molecule has 0 spiro atoms. The molecule has 0 amide bonds. The summed E-state index contributed by atoms with van der Waals surface area (Å²) in [5, 5.41) is 0. The zero-order valence-corrected chi connectivity index (χ0v) is 45.2. The Labute approximate surface area is 448 Å². The van der Waals surface area contributed by atoms with E-state index in [1.54, 1.807) is 0 Å². The molecule has 0 nitrogen and oxygen atoms in total. The van der Waals surface area contributed by atoms with Crippen LogP contribution in [0.3, 0.4) is 0 Å². The molecule has 76 heavy (non-hydrogen) atoms. The number of rotatable bonds is 11. The molecule has 0 saturated heterocycles. The fraction of sp³-hybridized carbons (Fsp3) is 0.552. The molecule has 0 bridgehead atoms. The predicted octanol–water partition coefficient (Wildman–Crippen LogP) is 20.8. The maximum Gasteiger partial charge on any atom is 0.194 e. The van der Waals surface area contributed by atoms with Crippen molar-refractivity contribution >= 4 is 0 Å². The van der Waals surface area contributed by atoms with Crippen LogP contribution in [0, 0.1) is 112 Å². The van der Waals surface area contributed by atoms with Crippen molar-refractivity contribution < 1.29 is 39.5 Å². The second kappa shape index (κ2) is 27.4. The Bertz CT molecular complexity index is 2510. The summed E-state index contributed by atoms with van der Waals surface area (Å²) in [6.07, 6.45) is 30.7. The van der Waals surface area contributed by atoms with Gasteiger partial charge in [0.05, 0.1) is 0 Å². The van der Waals surface area contributed by atoms with Gasteiger partial charge in [-0.25, -0.2) is 39.5 Å². The smallest absolute Gasteiger partial charge is 0.194 e. The monoisotopic (exact) mass is 1060 g/mol. The van der Waals surface area contributed by atoms with E-state index in [2.05, 4.69) is 20.8 Å². The molecule has 5 fully saturated rings. The zero-order valence-electron chi connectivity index (χ0n) is 45.2. The minimum Gasteiger partial charge on any atom is -0.204 e. The highest BCUT2D eigenvalue weighted by atomic mass is 19.2. The third-order valence-electron chi connectivity index (χ3n) is 18.7. The lowest BCUT2D eigenvalue weighted by Gasteiger charge is -2.37. The maximum absolute atomic E-state index is 13.5. The first kappa shape index (κ1) is 57.6. The van der Waals surface area contributed by atoms with Gasteiger partial charge < -0.3 is 0 Å². The normalized spacial score (nSPS) is 26.9. The Kier molecular flexibility index (Phi) is 20.8. The van der Waals surface area contributed by atoms with Crippen LogP contribution in [0.15, 0.2) is 84.9 Å². The van der Waals surface area contributed by atoms with E-state index in [4.69, 9.17) is 0 Å². The summed E-state index contributed by atoms with van der Waals surface area (Å²) in [6.45, 7) is 7.07. The highest BCUT2D eigenvalue weighted by Crippen LogP contribution is 2.43. The van der Waals surface area contributed by atoms with Crippen LogP contribution in [-0.2, 0) is 19.3 Å². The van der Waals surface area contributed by atoms with E-state index in [9.17, 15) is 39.5 Å². The zero-order chi connectivity index (χ0) is 53.9. The molecule has 412 valence electrons. The third-order valence-corrected chi connectivity index (χ3v) is 18.7. The number of hydrogen-bond acceptors (Lipinski definition) is 0. The molecule has 5 aromatic carbocycles. The van der Waals surface area contributed by atoms with Gasteiger partial charge in [0.25, 0.3) is 0 Å². The van der Waals surface area contributed by atoms with Crippen molar-refractivity contribution in [3.05, 3.63) is 154 Å². The topological polar surface area (TPSA) is 0 Å². The number of halogens is 9. The van der Waals surface area contributed by atoms with Crippen molar-refractivity contribution in [3.63, 3.8) is 0 Å². The highest BCUT2D eigenvalue weighted by molar-refractivity contribution is 5.65. The van der Waals surface area contributed by atoms with Crippen LogP contribution < -0.4 is 0 Å². The van der Waals surface area contributed by atoms with Gasteiger partial charge in [-0.1, -0.05) is 134 Å². The Morgan fingerprint density at radius 1 is 0.276 bits per heavy atom. The Morgan fingerprint density at radius 3 is 0.882 bits per heavy atom. The maximum atomic E-state index is 13.5. The van der Waals surface area contributed by atoms with Crippen LogP contribution in [0.25, 0.3) is 22.3 Å². The highest BCUT2D eigenvalue weighted by Gasteiger charge is 2.31. The molecule has 0 unspecified atom stereocenters. The van der Waals surface area contributed by atoms with Gasteiger partial charge >= 0.3 is 0 Å². The van der Waals surface area contributed by atoms with Crippen LogP contribution >= 0.6 is 0 Å². The number of benzene rings is 5. The molecule has 9 heteroatoms. The lowest BCUT2D eigenvalue weighted by atomic mass is 9.69. The number of hydrogen-bond donors (Lipinski definition) is 0. The molecular formula is C67H81F9. The third kappa shape index (κ3) is 16.3. The standard InChI is InChI=1S/C26H31F3.C21H29F3.C20H21F3/c1-17-2-8-20(9-3-17)21-10-4-18(5-11-21)14-19-6-12-22(13-7-19)23-15-24(27)26(29)25(28)16-23;1-14-2-4-15(5-3-14)10-16-6-8-17(9-7-16)11-18-12-19(22)21(24)20(23)13-18;1-13-2-4-14(5-3-13)10-15-6-8-16(9-7-15)17-11-18(21)20(23)19(22)12-17/h6-7,12-13,15-18,20-21H,2-5,8-11,14H2,1H3;12-17H,2-11H2,1H3;6-9,11-14H,2-5,10H2,1H3. The Hall–Kier alpha value is -4.53. The van der Waals surface area contributed by atoms with Crippen molar-refractivity contribution in [1.29, 1.82) is 0 Å². The molecule has 5 aromatic rings. The van der Waals surface area contributed by atoms with E-state index in [0.717, 1.165) is 115 Å². The van der Waals surface area contributed by atoms with Gasteiger partial charge in [-0.05, 0) is 224 Å². The fourth-order valence-electron chi connectivity index (χ4n) is 13.7. The molecule has 5 aliphatic rings. The summed E-state index contributed by atoms with van der Waals surface area (Å²) < 4.78 is 120. The minimum atomic E-state index is -1.42. The summed E-state index contributed by atoms with van der Waals surface area (Å²) in [5.41, 5.74) is 5.25. The van der Waals surface area contributed by atoms with Gasteiger partial charge in [0.1, 0.15) is 0 Å². The van der Waals surface area contributed by atoms with E-state index in [-0.39, 0.29) is 0 Å². The molecule has 0 radical (unpaired) electrons. The van der Waals surface area contributed by atoms with Gasteiger partial charge in [0.15, 0.2) is 52.4 Å². The predicted molar refractivity (Wildman–Crippen MR) is 290 cm³/mol. The van der Waals surface area contributed by atoms with Crippen molar-refractivity contribution in [3.8, 4) is 22.3 Å².